The summed E-state index contributed by atoms with van der Waals surface area (Å²) in [7, 11) is 4.71. The average Bonchev–Trinajstić information content (AvgIpc) is 2.47. The number of hydrogen-bond donors (Lipinski definition) is 1. The van der Waals surface area contributed by atoms with Gasteiger partial charge in [0.05, 0.1) is 21.3 Å². The SMILES string of the molecule is COc1ccc(-c2cc(Cl)ccc2N)c(OC)c1OC. The summed E-state index contributed by atoms with van der Waals surface area (Å²) in [6.07, 6.45) is 0. The quantitative estimate of drug-likeness (QED) is 0.875. The lowest BCUT2D eigenvalue weighted by molar-refractivity contribution is 0.325. The summed E-state index contributed by atoms with van der Waals surface area (Å²) >= 11 is 6.04. The van der Waals surface area contributed by atoms with Crippen molar-refractivity contribution in [3.63, 3.8) is 0 Å². The highest BCUT2D eigenvalue weighted by atomic mass is 35.5. The third-order valence-corrected chi connectivity index (χ3v) is 3.24. The molecule has 20 heavy (non-hydrogen) atoms. The summed E-state index contributed by atoms with van der Waals surface area (Å²) in [6, 6.07) is 8.96. The Hall–Kier alpha value is -2.07. The van der Waals surface area contributed by atoms with Crippen molar-refractivity contribution in [2.45, 2.75) is 0 Å². The van der Waals surface area contributed by atoms with Crippen LogP contribution in [0.15, 0.2) is 30.3 Å². The molecule has 0 radical (unpaired) electrons. The number of benzene rings is 2. The fourth-order valence-corrected chi connectivity index (χ4v) is 2.25. The van der Waals surface area contributed by atoms with Gasteiger partial charge in [0, 0.05) is 21.8 Å². The Labute approximate surface area is 123 Å². The molecule has 2 aromatic rings. The van der Waals surface area contributed by atoms with Crippen LogP contribution in [0.4, 0.5) is 5.69 Å². The van der Waals surface area contributed by atoms with E-state index in [9.17, 15) is 0 Å². The van der Waals surface area contributed by atoms with E-state index in [2.05, 4.69) is 0 Å². The molecule has 0 fully saturated rings. The maximum Gasteiger partial charge on any atom is 0.203 e. The number of methoxy groups -OCH3 is 3. The minimum atomic E-state index is 0.520. The predicted molar refractivity (Wildman–Crippen MR) is 81.0 cm³/mol. The molecule has 0 aliphatic carbocycles. The van der Waals surface area contributed by atoms with E-state index < -0.39 is 0 Å². The van der Waals surface area contributed by atoms with Gasteiger partial charge in [0.2, 0.25) is 5.75 Å². The lowest BCUT2D eigenvalue weighted by Crippen LogP contribution is -1.98. The predicted octanol–water partition coefficient (Wildman–Crippen LogP) is 3.62. The number of ether oxygens (including phenoxy) is 3. The van der Waals surface area contributed by atoms with Gasteiger partial charge in [0.15, 0.2) is 11.5 Å². The summed E-state index contributed by atoms with van der Waals surface area (Å²) in [4.78, 5) is 0. The van der Waals surface area contributed by atoms with Crippen LogP contribution in [-0.2, 0) is 0 Å². The topological polar surface area (TPSA) is 53.7 Å². The van der Waals surface area contributed by atoms with E-state index in [1.807, 2.05) is 6.07 Å². The lowest BCUT2D eigenvalue weighted by Gasteiger charge is -2.17. The molecule has 5 heteroatoms. The van der Waals surface area contributed by atoms with Crippen LogP contribution in [0.3, 0.4) is 0 Å². The van der Waals surface area contributed by atoms with Gasteiger partial charge in [0.25, 0.3) is 0 Å². The highest BCUT2D eigenvalue weighted by Gasteiger charge is 2.18. The number of halogens is 1. The van der Waals surface area contributed by atoms with Crippen LogP contribution in [0.25, 0.3) is 11.1 Å². The van der Waals surface area contributed by atoms with Gasteiger partial charge in [-0.3, -0.25) is 0 Å². The molecule has 0 spiro atoms. The van der Waals surface area contributed by atoms with Crippen LogP contribution < -0.4 is 19.9 Å². The largest absolute Gasteiger partial charge is 0.493 e. The summed E-state index contributed by atoms with van der Waals surface area (Å²) in [6.45, 7) is 0. The first kappa shape index (κ1) is 14.3. The molecule has 106 valence electrons. The second-order valence-electron chi connectivity index (χ2n) is 4.11. The molecule has 4 nitrogen and oxygen atoms in total. The second-order valence-corrected chi connectivity index (χ2v) is 4.55. The fourth-order valence-electron chi connectivity index (χ4n) is 2.08. The second kappa shape index (κ2) is 5.92. The molecule has 2 N–H and O–H groups in total. The van der Waals surface area contributed by atoms with Gasteiger partial charge in [-0.1, -0.05) is 11.6 Å². The van der Waals surface area contributed by atoms with Crippen LogP contribution in [0.5, 0.6) is 17.2 Å². The van der Waals surface area contributed by atoms with Gasteiger partial charge in [0.1, 0.15) is 0 Å². The van der Waals surface area contributed by atoms with Gasteiger partial charge in [-0.05, 0) is 30.3 Å². The molecule has 0 aromatic heterocycles. The van der Waals surface area contributed by atoms with Gasteiger partial charge in [-0.2, -0.15) is 0 Å². The Morgan fingerprint density at radius 1 is 0.850 bits per heavy atom. The van der Waals surface area contributed by atoms with Crippen LogP contribution in [0.1, 0.15) is 0 Å². The minimum absolute atomic E-state index is 0.520. The van der Waals surface area contributed by atoms with E-state index in [0.29, 0.717) is 28.0 Å². The number of nitrogen functional groups attached to an aromatic ring is 1. The summed E-state index contributed by atoms with van der Waals surface area (Å²) in [5.41, 5.74) is 8.22. The zero-order valence-corrected chi connectivity index (χ0v) is 12.3. The first-order valence-electron chi connectivity index (χ1n) is 5.96. The molecule has 0 saturated carbocycles. The summed E-state index contributed by atoms with van der Waals surface area (Å²) in [5, 5.41) is 0.603. The van der Waals surface area contributed by atoms with Crippen LogP contribution in [-0.4, -0.2) is 21.3 Å². The van der Waals surface area contributed by atoms with Gasteiger partial charge in [-0.15, -0.1) is 0 Å². The minimum Gasteiger partial charge on any atom is -0.493 e. The van der Waals surface area contributed by atoms with Crippen LogP contribution in [0.2, 0.25) is 5.02 Å². The standard InChI is InChI=1S/C15H16ClNO3/c1-18-13-7-5-10(14(19-2)15(13)20-3)11-8-9(16)4-6-12(11)17/h4-8H,17H2,1-3H3. The zero-order valence-electron chi connectivity index (χ0n) is 11.6. The number of nitrogens with two attached hydrogens (primary N) is 1. The summed E-state index contributed by atoms with van der Waals surface area (Å²) in [5.74, 6) is 1.67. The Morgan fingerprint density at radius 2 is 1.55 bits per heavy atom. The zero-order chi connectivity index (χ0) is 14.7. The number of anilines is 1. The molecule has 2 aromatic carbocycles. The normalized spacial score (nSPS) is 10.2. The highest BCUT2D eigenvalue weighted by Crippen LogP contribution is 2.45. The molecule has 0 aliphatic heterocycles. The van der Waals surface area contributed by atoms with Gasteiger partial charge < -0.3 is 19.9 Å². The molecular formula is C15H16ClNO3. The lowest BCUT2D eigenvalue weighted by atomic mass is 10.0. The van der Waals surface area contributed by atoms with Gasteiger partial charge >= 0.3 is 0 Å². The van der Waals surface area contributed by atoms with E-state index in [-0.39, 0.29) is 0 Å². The van der Waals surface area contributed by atoms with E-state index in [1.54, 1.807) is 45.6 Å². The highest BCUT2D eigenvalue weighted by molar-refractivity contribution is 6.31. The van der Waals surface area contributed by atoms with Crippen molar-refractivity contribution in [2.75, 3.05) is 27.1 Å². The van der Waals surface area contributed by atoms with Gasteiger partial charge in [-0.25, -0.2) is 0 Å². The van der Waals surface area contributed by atoms with Crippen molar-refractivity contribution < 1.29 is 14.2 Å². The van der Waals surface area contributed by atoms with Crippen molar-refractivity contribution >= 4 is 17.3 Å². The third-order valence-electron chi connectivity index (χ3n) is 3.01. The van der Waals surface area contributed by atoms with Crippen LogP contribution >= 0.6 is 11.6 Å². The fraction of sp³-hybridized carbons (Fsp3) is 0.200. The van der Waals surface area contributed by atoms with Crippen LogP contribution in [0, 0.1) is 0 Å². The monoisotopic (exact) mass is 293 g/mol. The smallest absolute Gasteiger partial charge is 0.203 e. The molecule has 0 heterocycles. The number of rotatable bonds is 4. The first-order chi connectivity index (χ1) is 9.62. The first-order valence-corrected chi connectivity index (χ1v) is 6.34. The van der Waals surface area contributed by atoms with E-state index >= 15 is 0 Å². The van der Waals surface area contributed by atoms with E-state index in [0.717, 1.165) is 11.1 Å². The molecular weight excluding hydrogens is 278 g/mol. The molecule has 0 aliphatic rings. The molecule has 0 bridgehead atoms. The Kier molecular flexibility index (Phi) is 4.25. The maximum atomic E-state index is 6.04. The van der Waals surface area contributed by atoms with Crippen molar-refractivity contribution in [3.8, 4) is 28.4 Å². The average molecular weight is 294 g/mol. The van der Waals surface area contributed by atoms with Crippen molar-refractivity contribution in [1.29, 1.82) is 0 Å². The Balaban J connectivity index is 2.71. The van der Waals surface area contributed by atoms with Crippen molar-refractivity contribution in [2.24, 2.45) is 0 Å². The van der Waals surface area contributed by atoms with Crippen molar-refractivity contribution in [3.05, 3.63) is 35.4 Å². The number of hydrogen-bond acceptors (Lipinski definition) is 4. The molecule has 0 atom stereocenters. The Bertz CT molecular complexity index is 629. The van der Waals surface area contributed by atoms with E-state index in [1.165, 1.54) is 0 Å². The maximum absolute atomic E-state index is 6.04. The third kappa shape index (κ3) is 2.47. The summed E-state index contributed by atoms with van der Waals surface area (Å²) < 4.78 is 16.1. The molecule has 0 amide bonds. The molecule has 2 rings (SSSR count). The molecule has 0 unspecified atom stereocenters. The Morgan fingerprint density at radius 3 is 2.15 bits per heavy atom. The molecule has 0 saturated heterocycles. The van der Waals surface area contributed by atoms with E-state index in [4.69, 9.17) is 31.5 Å². The van der Waals surface area contributed by atoms with Crippen molar-refractivity contribution in [1.82, 2.24) is 0 Å².